The Bertz CT molecular complexity index is 600. The van der Waals surface area contributed by atoms with Gasteiger partial charge >= 0.3 is 0 Å². The van der Waals surface area contributed by atoms with Crippen LogP contribution in [0.2, 0.25) is 0 Å². The average molecular weight is 242 g/mol. The molecule has 1 aliphatic rings. The third kappa shape index (κ3) is 1.66. The van der Waals surface area contributed by atoms with Crippen molar-refractivity contribution in [2.75, 3.05) is 13.6 Å². The number of carbonyl (C=O) groups excluding carboxylic acids is 1. The van der Waals surface area contributed by atoms with Gasteiger partial charge in [-0.25, -0.2) is 0 Å². The van der Waals surface area contributed by atoms with Crippen LogP contribution in [-0.2, 0) is 0 Å². The molecular formula is C15H18N2O. The Morgan fingerprint density at radius 1 is 1.44 bits per heavy atom. The molecule has 94 valence electrons. The second kappa shape index (κ2) is 4.25. The van der Waals surface area contributed by atoms with Gasteiger partial charge < -0.3 is 4.98 Å². The number of aromatic amines is 1. The van der Waals surface area contributed by atoms with E-state index in [0.29, 0.717) is 0 Å². The lowest BCUT2D eigenvalue weighted by Crippen LogP contribution is -2.32. The largest absolute Gasteiger partial charge is 0.360 e. The molecule has 0 aliphatic carbocycles. The van der Waals surface area contributed by atoms with Gasteiger partial charge in [-0.1, -0.05) is 12.1 Å². The summed E-state index contributed by atoms with van der Waals surface area (Å²) < 4.78 is 0. The summed E-state index contributed by atoms with van der Waals surface area (Å²) in [7, 11) is 2.04. The number of hydrogen-bond acceptors (Lipinski definition) is 2. The molecule has 3 heteroatoms. The first kappa shape index (κ1) is 11.5. The van der Waals surface area contributed by atoms with Crippen molar-refractivity contribution in [3.63, 3.8) is 0 Å². The first-order chi connectivity index (χ1) is 8.68. The summed E-state index contributed by atoms with van der Waals surface area (Å²) in [6.45, 7) is 3.09. The molecule has 1 atom stereocenters. The van der Waals surface area contributed by atoms with E-state index in [1.807, 2.05) is 25.4 Å². The highest BCUT2D eigenvalue weighted by Crippen LogP contribution is 2.26. The first-order valence-corrected chi connectivity index (χ1v) is 6.49. The molecule has 0 spiro atoms. The molecule has 1 aromatic carbocycles. The average Bonchev–Trinajstić information content (AvgIpc) is 2.95. The molecule has 1 fully saturated rings. The molecule has 2 heterocycles. The molecule has 0 unspecified atom stereocenters. The van der Waals surface area contributed by atoms with E-state index < -0.39 is 0 Å². The second-order valence-electron chi connectivity index (χ2n) is 5.20. The number of rotatable bonds is 2. The summed E-state index contributed by atoms with van der Waals surface area (Å²) >= 11 is 0. The number of likely N-dealkylation sites (tertiary alicyclic amines) is 1. The number of H-pyrrole nitrogens is 1. The van der Waals surface area contributed by atoms with Crippen LogP contribution < -0.4 is 0 Å². The lowest BCUT2D eigenvalue weighted by atomic mass is 9.99. The quantitative estimate of drug-likeness (QED) is 0.822. The minimum atomic E-state index is 0.0589. The molecule has 1 aliphatic heterocycles. The van der Waals surface area contributed by atoms with Crippen molar-refractivity contribution in [3.8, 4) is 0 Å². The Hall–Kier alpha value is -1.61. The number of Topliss-reactive ketones (excluding diaryl/α,β-unsaturated/α-hetero) is 1. The fourth-order valence-electron chi connectivity index (χ4n) is 2.98. The van der Waals surface area contributed by atoms with Crippen LogP contribution in [0.15, 0.2) is 24.4 Å². The summed E-state index contributed by atoms with van der Waals surface area (Å²) in [4.78, 5) is 18.0. The van der Waals surface area contributed by atoms with Crippen molar-refractivity contribution in [2.45, 2.75) is 25.8 Å². The van der Waals surface area contributed by atoms with Crippen molar-refractivity contribution in [2.24, 2.45) is 0 Å². The zero-order chi connectivity index (χ0) is 12.7. The minimum absolute atomic E-state index is 0.0589. The van der Waals surface area contributed by atoms with Crippen molar-refractivity contribution in [1.82, 2.24) is 9.88 Å². The van der Waals surface area contributed by atoms with Crippen LogP contribution in [0.5, 0.6) is 0 Å². The van der Waals surface area contributed by atoms with E-state index in [9.17, 15) is 4.79 Å². The van der Waals surface area contributed by atoms with Crippen LogP contribution in [0.1, 0.15) is 28.8 Å². The van der Waals surface area contributed by atoms with Crippen molar-refractivity contribution in [1.29, 1.82) is 0 Å². The van der Waals surface area contributed by atoms with Crippen LogP contribution in [0.25, 0.3) is 10.9 Å². The van der Waals surface area contributed by atoms with E-state index >= 15 is 0 Å². The molecule has 2 aromatic rings. The van der Waals surface area contributed by atoms with E-state index in [1.165, 1.54) is 0 Å². The second-order valence-corrected chi connectivity index (χ2v) is 5.20. The van der Waals surface area contributed by atoms with Gasteiger partial charge in [0.25, 0.3) is 0 Å². The molecule has 1 aromatic heterocycles. The van der Waals surface area contributed by atoms with Gasteiger partial charge in [0, 0.05) is 22.7 Å². The Balaban J connectivity index is 2.07. The van der Waals surface area contributed by atoms with Gasteiger partial charge in [-0.2, -0.15) is 0 Å². The van der Waals surface area contributed by atoms with Gasteiger partial charge in [-0.3, -0.25) is 9.69 Å². The van der Waals surface area contributed by atoms with Crippen LogP contribution in [0, 0.1) is 6.92 Å². The van der Waals surface area contributed by atoms with Crippen LogP contribution >= 0.6 is 0 Å². The maximum atomic E-state index is 12.6. The summed E-state index contributed by atoms with van der Waals surface area (Å²) in [5.74, 6) is 0.260. The Morgan fingerprint density at radius 2 is 2.28 bits per heavy atom. The number of nitrogens with one attached hydrogen (secondary N) is 1. The van der Waals surface area contributed by atoms with E-state index in [1.54, 1.807) is 0 Å². The number of aryl methyl sites for hydroxylation is 1. The number of fused-ring (bicyclic) bond motifs is 1. The summed E-state index contributed by atoms with van der Waals surface area (Å²) in [6.07, 6.45) is 3.97. The normalized spacial score (nSPS) is 20.7. The predicted octanol–water partition coefficient (Wildman–Crippen LogP) is 2.75. The van der Waals surface area contributed by atoms with E-state index in [-0.39, 0.29) is 11.8 Å². The molecular weight excluding hydrogens is 224 g/mol. The molecule has 3 nitrogen and oxygen atoms in total. The molecule has 3 rings (SSSR count). The predicted molar refractivity (Wildman–Crippen MR) is 73.0 cm³/mol. The van der Waals surface area contributed by atoms with Gasteiger partial charge in [0.1, 0.15) is 0 Å². The molecule has 1 N–H and O–H groups in total. The zero-order valence-corrected chi connectivity index (χ0v) is 10.9. The third-order valence-corrected chi connectivity index (χ3v) is 4.00. The van der Waals surface area contributed by atoms with Gasteiger partial charge in [-0.15, -0.1) is 0 Å². The number of carbonyl (C=O) groups is 1. The summed E-state index contributed by atoms with van der Waals surface area (Å²) in [6, 6.07) is 6.16. The van der Waals surface area contributed by atoms with E-state index in [2.05, 4.69) is 22.9 Å². The molecule has 0 amide bonds. The topological polar surface area (TPSA) is 36.1 Å². The smallest absolute Gasteiger partial charge is 0.182 e. The SMILES string of the molecule is Cc1cccc2[nH]cc(C(=O)[C@@H]3CCCN3C)c12. The fourth-order valence-corrected chi connectivity index (χ4v) is 2.98. The lowest BCUT2D eigenvalue weighted by molar-refractivity contribution is 0.0892. The fraction of sp³-hybridized carbons (Fsp3) is 0.400. The highest BCUT2D eigenvalue weighted by Gasteiger charge is 2.30. The monoisotopic (exact) mass is 242 g/mol. The first-order valence-electron chi connectivity index (χ1n) is 6.49. The Kier molecular flexibility index (Phi) is 2.71. The summed E-state index contributed by atoms with van der Waals surface area (Å²) in [5, 5.41) is 1.09. The van der Waals surface area contributed by atoms with E-state index in [0.717, 1.165) is 41.4 Å². The third-order valence-electron chi connectivity index (χ3n) is 4.00. The van der Waals surface area contributed by atoms with Gasteiger partial charge in [0.15, 0.2) is 5.78 Å². The van der Waals surface area contributed by atoms with Crippen molar-refractivity contribution < 1.29 is 4.79 Å². The number of aromatic nitrogens is 1. The molecule has 0 bridgehead atoms. The maximum absolute atomic E-state index is 12.6. The van der Waals surface area contributed by atoms with Crippen molar-refractivity contribution in [3.05, 3.63) is 35.5 Å². The number of benzene rings is 1. The number of hydrogen-bond donors (Lipinski definition) is 1. The number of likely N-dealkylation sites (N-methyl/N-ethyl adjacent to an activating group) is 1. The van der Waals surface area contributed by atoms with Crippen LogP contribution in [0.4, 0.5) is 0 Å². The van der Waals surface area contributed by atoms with Crippen LogP contribution in [0.3, 0.4) is 0 Å². The highest BCUT2D eigenvalue weighted by atomic mass is 16.1. The maximum Gasteiger partial charge on any atom is 0.182 e. The standard InChI is InChI=1S/C15H18N2O/c1-10-5-3-6-12-14(10)11(9-16-12)15(18)13-7-4-8-17(13)2/h3,5-6,9,13,16H,4,7-8H2,1-2H3/t13-/m0/s1. The minimum Gasteiger partial charge on any atom is -0.360 e. The van der Waals surface area contributed by atoms with Crippen LogP contribution in [-0.4, -0.2) is 35.3 Å². The lowest BCUT2D eigenvalue weighted by Gasteiger charge is -2.17. The molecule has 0 saturated carbocycles. The number of nitrogens with zero attached hydrogens (tertiary/aromatic N) is 1. The van der Waals surface area contributed by atoms with Crippen molar-refractivity contribution >= 4 is 16.7 Å². The summed E-state index contributed by atoms with van der Waals surface area (Å²) in [5.41, 5.74) is 3.07. The van der Waals surface area contributed by atoms with E-state index in [4.69, 9.17) is 0 Å². The highest BCUT2D eigenvalue weighted by molar-refractivity contribution is 6.11. The Labute approximate surface area is 107 Å². The zero-order valence-electron chi connectivity index (χ0n) is 10.9. The molecule has 0 radical (unpaired) electrons. The molecule has 1 saturated heterocycles. The van der Waals surface area contributed by atoms with Gasteiger partial charge in [0.2, 0.25) is 0 Å². The Morgan fingerprint density at radius 3 is 3.00 bits per heavy atom. The van der Waals surface area contributed by atoms with Gasteiger partial charge in [-0.05, 0) is 45.0 Å². The van der Waals surface area contributed by atoms with Gasteiger partial charge in [0.05, 0.1) is 6.04 Å². The molecule has 18 heavy (non-hydrogen) atoms. The number of ketones is 1.